The molecule has 0 amide bonds. The van der Waals surface area contributed by atoms with Gasteiger partial charge in [0.2, 0.25) is 5.89 Å². The van der Waals surface area contributed by atoms with Crippen molar-refractivity contribution in [2.75, 3.05) is 7.11 Å². The molecule has 2 aromatic heterocycles. The largest absolute Gasteiger partial charge is 0.464 e. The van der Waals surface area contributed by atoms with Crippen molar-refractivity contribution in [3.05, 3.63) is 64.8 Å². The number of aryl methyl sites for hydroxylation is 1. The van der Waals surface area contributed by atoms with Crippen LogP contribution in [-0.2, 0) is 11.8 Å². The summed E-state index contributed by atoms with van der Waals surface area (Å²) in [7, 11) is 3.26. The van der Waals surface area contributed by atoms with E-state index in [1.165, 1.54) is 7.11 Å². The maximum absolute atomic E-state index is 12.3. The molecule has 0 radical (unpaired) electrons. The quantitative estimate of drug-likeness (QED) is 0.443. The first kappa shape index (κ1) is 16.6. The first-order chi connectivity index (χ1) is 12.6. The molecule has 0 saturated carbocycles. The Bertz CT molecular complexity index is 1110. The van der Waals surface area contributed by atoms with Gasteiger partial charge in [-0.2, -0.15) is 0 Å². The fourth-order valence-electron chi connectivity index (χ4n) is 2.97. The third kappa shape index (κ3) is 2.72. The molecular weight excluding hydrogens is 396 g/mol. The number of rotatable bonds is 3. The lowest BCUT2D eigenvalue weighted by Gasteiger charge is -2.03. The molecule has 0 aliphatic rings. The predicted octanol–water partition coefficient (Wildman–Crippen LogP) is 5.05. The number of fused-ring (bicyclic) bond motifs is 1. The fourth-order valence-corrected chi connectivity index (χ4v) is 3.35. The number of esters is 1. The molecule has 0 aliphatic carbocycles. The standard InChI is InChI=1S/C20H15BrN2O3/c1-23-15-9-8-14(21)10-13(15)11-16(23)18-17(20(24)25-2)22-19(26-18)12-6-4-3-5-7-12/h3-11H,1-2H3. The van der Waals surface area contributed by atoms with Gasteiger partial charge in [0.1, 0.15) is 0 Å². The third-order valence-electron chi connectivity index (χ3n) is 4.26. The molecule has 0 saturated heterocycles. The van der Waals surface area contributed by atoms with Gasteiger partial charge in [0.15, 0.2) is 11.5 Å². The zero-order valence-electron chi connectivity index (χ0n) is 14.2. The minimum Gasteiger partial charge on any atom is -0.464 e. The Labute approximate surface area is 158 Å². The van der Waals surface area contributed by atoms with Crippen LogP contribution in [0.2, 0.25) is 0 Å². The van der Waals surface area contributed by atoms with Gasteiger partial charge in [-0.05, 0) is 36.4 Å². The van der Waals surface area contributed by atoms with E-state index in [1.807, 2.05) is 66.2 Å². The van der Waals surface area contributed by atoms with Crippen LogP contribution in [0.25, 0.3) is 33.8 Å². The molecule has 0 atom stereocenters. The van der Waals surface area contributed by atoms with Crippen LogP contribution < -0.4 is 0 Å². The van der Waals surface area contributed by atoms with Crippen LogP contribution in [0.5, 0.6) is 0 Å². The second-order valence-corrected chi connectivity index (χ2v) is 6.76. The number of carbonyl (C=O) groups excluding carboxylic acids is 1. The van der Waals surface area contributed by atoms with Gasteiger partial charge < -0.3 is 13.7 Å². The molecule has 6 heteroatoms. The van der Waals surface area contributed by atoms with Crippen LogP contribution in [0, 0.1) is 0 Å². The van der Waals surface area contributed by atoms with E-state index in [0.29, 0.717) is 11.7 Å². The van der Waals surface area contributed by atoms with E-state index in [1.54, 1.807) is 0 Å². The van der Waals surface area contributed by atoms with E-state index in [2.05, 4.69) is 20.9 Å². The van der Waals surface area contributed by atoms with Gasteiger partial charge >= 0.3 is 5.97 Å². The first-order valence-corrected chi connectivity index (χ1v) is 8.77. The van der Waals surface area contributed by atoms with E-state index < -0.39 is 5.97 Å². The molecule has 0 unspecified atom stereocenters. The van der Waals surface area contributed by atoms with Gasteiger partial charge in [0.05, 0.1) is 12.8 Å². The van der Waals surface area contributed by atoms with Crippen LogP contribution in [0.1, 0.15) is 10.5 Å². The van der Waals surface area contributed by atoms with Crippen molar-refractivity contribution in [2.24, 2.45) is 7.05 Å². The van der Waals surface area contributed by atoms with Crippen molar-refractivity contribution in [1.82, 2.24) is 9.55 Å². The molecule has 0 N–H and O–H groups in total. The summed E-state index contributed by atoms with van der Waals surface area (Å²) in [6.07, 6.45) is 0. The number of halogens is 1. The van der Waals surface area contributed by atoms with Crippen LogP contribution in [0.15, 0.2) is 63.5 Å². The molecule has 4 rings (SSSR count). The fraction of sp³-hybridized carbons (Fsp3) is 0.100. The normalized spacial score (nSPS) is 11.0. The maximum Gasteiger partial charge on any atom is 0.360 e. The van der Waals surface area contributed by atoms with Gasteiger partial charge in [-0.3, -0.25) is 0 Å². The number of nitrogens with zero attached hydrogens (tertiary/aromatic N) is 2. The van der Waals surface area contributed by atoms with Crippen LogP contribution >= 0.6 is 15.9 Å². The Morgan fingerprint density at radius 2 is 1.92 bits per heavy atom. The van der Waals surface area contributed by atoms with Crippen molar-refractivity contribution < 1.29 is 13.9 Å². The number of benzene rings is 2. The summed E-state index contributed by atoms with van der Waals surface area (Å²) in [6.45, 7) is 0. The Morgan fingerprint density at radius 3 is 2.65 bits per heavy atom. The second-order valence-electron chi connectivity index (χ2n) is 5.85. The van der Waals surface area contributed by atoms with Gasteiger partial charge in [0, 0.05) is 28.0 Å². The smallest absolute Gasteiger partial charge is 0.360 e. The molecule has 4 aromatic rings. The monoisotopic (exact) mass is 410 g/mol. The van der Waals surface area contributed by atoms with Gasteiger partial charge in [-0.1, -0.05) is 34.1 Å². The molecular formula is C20H15BrN2O3. The second kappa shape index (κ2) is 6.46. The molecule has 0 fully saturated rings. The SMILES string of the molecule is COC(=O)c1nc(-c2ccccc2)oc1-c1cc2cc(Br)ccc2n1C. The number of hydrogen-bond donors (Lipinski definition) is 0. The minimum absolute atomic E-state index is 0.163. The maximum atomic E-state index is 12.3. The Kier molecular flexibility index (Phi) is 4.12. The van der Waals surface area contributed by atoms with Crippen molar-refractivity contribution in [3.63, 3.8) is 0 Å². The number of methoxy groups -OCH3 is 1. The predicted molar refractivity (Wildman–Crippen MR) is 103 cm³/mol. The molecule has 5 nitrogen and oxygen atoms in total. The zero-order chi connectivity index (χ0) is 18.3. The molecule has 130 valence electrons. The van der Waals surface area contributed by atoms with Crippen molar-refractivity contribution in [1.29, 1.82) is 0 Å². The molecule has 0 spiro atoms. The van der Waals surface area contributed by atoms with Crippen LogP contribution in [0.3, 0.4) is 0 Å². The van der Waals surface area contributed by atoms with E-state index in [-0.39, 0.29) is 5.69 Å². The zero-order valence-corrected chi connectivity index (χ0v) is 15.8. The van der Waals surface area contributed by atoms with Gasteiger partial charge in [0.25, 0.3) is 0 Å². The Balaban J connectivity index is 1.94. The molecule has 0 bridgehead atoms. The van der Waals surface area contributed by atoms with E-state index in [9.17, 15) is 4.79 Å². The lowest BCUT2D eigenvalue weighted by Crippen LogP contribution is -2.04. The van der Waals surface area contributed by atoms with Crippen molar-refractivity contribution >= 4 is 32.8 Å². The topological polar surface area (TPSA) is 57.3 Å². The summed E-state index contributed by atoms with van der Waals surface area (Å²) >= 11 is 3.49. The average Bonchev–Trinajstić information content (AvgIpc) is 3.23. The summed E-state index contributed by atoms with van der Waals surface area (Å²) in [5.41, 5.74) is 2.74. The number of aromatic nitrogens is 2. The first-order valence-electron chi connectivity index (χ1n) is 7.98. The Morgan fingerprint density at radius 1 is 1.15 bits per heavy atom. The third-order valence-corrected chi connectivity index (χ3v) is 4.76. The summed E-state index contributed by atoms with van der Waals surface area (Å²) < 4.78 is 13.9. The summed E-state index contributed by atoms with van der Waals surface area (Å²) in [6, 6.07) is 17.4. The average molecular weight is 411 g/mol. The summed E-state index contributed by atoms with van der Waals surface area (Å²) in [4.78, 5) is 16.7. The summed E-state index contributed by atoms with van der Waals surface area (Å²) in [5.74, 6) is 0.246. The van der Waals surface area contributed by atoms with Crippen LogP contribution in [0.4, 0.5) is 0 Å². The highest BCUT2D eigenvalue weighted by Crippen LogP contribution is 2.34. The lowest BCUT2D eigenvalue weighted by atomic mass is 10.2. The summed E-state index contributed by atoms with van der Waals surface area (Å²) in [5, 5.41) is 1.03. The molecule has 0 aliphatic heterocycles. The van der Waals surface area contributed by atoms with E-state index >= 15 is 0 Å². The van der Waals surface area contributed by atoms with E-state index in [0.717, 1.165) is 26.6 Å². The Hall–Kier alpha value is -2.86. The number of carbonyl (C=O) groups is 1. The highest BCUT2D eigenvalue weighted by atomic mass is 79.9. The minimum atomic E-state index is -0.530. The van der Waals surface area contributed by atoms with Gasteiger partial charge in [-0.25, -0.2) is 9.78 Å². The number of hydrogen-bond acceptors (Lipinski definition) is 4. The van der Waals surface area contributed by atoms with Gasteiger partial charge in [-0.15, -0.1) is 0 Å². The van der Waals surface area contributed by atoms with Crippen molar-refractivity contribution in [3.8, 4) is 22.9 Å². The van der Waals surface area contributed by atoms with Crippen LogP contribution in [-0.4, -0.2) is 22.6 Å². The highest BCUT2D eigenvalue weighted by molar-refractivity contribution is 9.10. The highest BCUT2D eigenvalue weighted by Gasteiger charge is 2.25. The number of ether oxygens (including phenoxy) is 1. The molecule has 2 aromatic carbocycles. The number of oxazole rings is 1. The molecule has 26 heavy (non-hydrogen) atoms. The van der Waals surface area contributed by atoms with Crippen molar-refractivity contribution in [2.45, 2.75) is 0 Å². The lowest BCUT2D eigenvalue weighted by molar-refractivity contribution is 0.0595. The van der Waals surface area contributed by atoms with E-state index in [4.69, 9.17) is 9.15 Å². The molecule has 2 heterocycles.